The van der Waals surface area contributed by atoms with Crippen molar-refractivity contribution in [3.05, 3.63) is 71.8 Å². The Balaban J connectivity index is 0.00000280. The Morgan fingerprint density at radius 3 is 2.21 bits per heavy atom. The third kappa shape index (κ3) is 5.13. The number of likely N-dealkylation sites (tertiary alicyclic amines) is 1. The largest absolute Gasteiger partial charge is 0.465 e. The fourth-order valence-electron chi connectivity index (χ4n) is 3.94. The van der Waals surface area contributed by atoms with E-state index in [0.29, 0.717) is 13.0 Å². The first-order valence-electron chi connectivity index (χ1n) is 9.84. The Labute approximate surface area is 173 Å². The molecule has 3 rings (SSSR count). The smallest absolute Gasteiger partial charge is 0.316 e. The van der Waals surface area contributed by atoms with Crippen molar-refractivity contribution in [1.82, 2.24) is 4.90 Å². The average molecular weight is 404 g/mol. The fourth-order valence-corrected chi connectivity index (χ4v) is 3.94. The quantitative estimate of drug-likeness (QED) is 0.706. The first-order valence-corrected chi connectivity index (χ1v) is 9.84. The highest BCUT2D eigenvalue weighted by atomic mass is 35.5. The summed E-state index contributed by atoms with van der Waals surface area (Å²) in [7, 11) is 0. The van der Waals surface area contributed by atoms with Gasteiger partial charge in [-0.3, -0.25) is 4.79 Å². The number of halogens is 1. The second-order valence-corrected chi connectivity index (χ2v) is 7.23. The van der Waals surface area contributed by atoms with E-state index in [4.69, 9.17) is 4.74 Å². The van der Waals surface area contributed by atoms with Crippen molar-refractivity contribution in [2.45, 2.75) is 37.7 Å². The Morgan fingerprint density at radius 2 is 1.64 bits per heavy atom. The van der Waals surface area contributed by atoms with Crippen LogP contribution in [0.5, 0.6) is 0 Å². The SMILES string of the molecule is CCOC(=O)C1(c2ccccc2)CCN(CC[C@H](O)c2ccccc2)CC1.Cl. The number of esters is 1. The van der Waals surface area contributed by atoms with Crippen molar-refractivity contribution < 1.29 is 14.6 Å². The van der Waals surface area contributed by atoms with Crippen LogP contribution in [0.25, 0.3) is 0 Å². The van der Waals surface area contributed by atoms with Gasteiger partial charge in [-0.05, 0) is 50.4 Å². The van der Waals surface area contributed by atoms with E-state index in [9.17, 15) is 9.90 Å². The third-order valence-electron chi connectivity index (χ3n) is 5.61. The van der Waals surface area contributed by atoms with Crippen LogP contribution in [-0.4, -0.2) is 42.2 Å². The normalized spacial score (nSPS) is 17.4. The van der Waals surface area contributed by atoms with Gasteiger partial charge in [-0.2, -0.15) is 0 Å². The maximum Gasteiger partial charge on any atom is 0.316 e. The molecular formula is C23H30ClNO3. The molecule has 4 nitrogen and oxygen atoms in total. The minimum Gasteiger partial charge on any atom is -0.465 e. The number of piperidine rings is 1. The van der Waals surface area contributed by atoms with Crippen molar-refractivity contribution in [2.24, 2.45) is 0 Å². The van der Waals surface area contributed by atoms with E-state index in [1.807, 2.05) is 67.6 Å². The molecule has 1 heterocycles. The Bertz CT molecular complexity index is 715. The summed E-state index contributed by atoms with van der Waals surface area (Å²) in [6.45, 7) is 4.74. The zero-order valence-corrected chi connectivity index (χ0v) is 17.2. The van der Waals surface area contributed by atoms with Gasteiger partial charge in [-0.15, -0.1) is 12.4 Å². The predicted molar refractivity (Wildman–Crippen MR) is 114 cm³/mol. The molecule has 1 atom stereocenters. The first kappa shape index (κ1) is 22.4. The molecule has 152 valence electrons. The number of aliphatic hydroxyl groups excluding tert-OH is 1. The summed E-state index contributed by atoms with van der Waals surface area (Å²) >= 11 is 0. The standard InChI is InChI=1S/C23H29NO3.ClH/c1-2-27-22(26)23(20-11-7-4-8-12-20)14-17-24(18-15-23)16-13-21(25)19-9-5-3-6-10-19;/h3-12,21,25H,2,13-18H2,1H3;1H/t21-;/m0./s1. The van der Waals surface area contributed by atoms with Crippen LogP contribution in [0, 0.1) is 0 Å². The van der Waals surface area contributed by atoms with Crippen LogP contribution < -0.4 is 0 Å². The second-order valence-electron chi connectivity index (χ2n) is 7.23. The molecule has 0 spiro atoms. The topological polar surface area (TPSA) is 49.8 Å². The molecule has 1 aliphatic heterocycles. The highest BCUT2D eigenvalue weighted by Gasteiger charge is 2.44. The van der Waals surface area contributed by atoms with Crippen LogP contribution in [0.4, 0.5) is 0 Å². The monoisotopic (exact) mass is 403 g/mol. The van der Waals surface area contributed by atoms with E-state index in [1.54, 1.807) is 0 Å². The minimum atomic E-state index is -0.550. The number of rotatable bonds is 7. The summed E-state index contributed by atoms with van der Waals surface area (Å²) in [6, 6.07) is 19.8. The fraction of sp³-hybridized carbons (Fsp3) is 0.435. The molecule has 2 aromatic rings. The Morgan fingerprint density at radius 1 is 1.07 bits per heavy atom. The average Bonchev–Trinajstić information content (AvgIpc) is 2.74. The van der Waals surface area contributed by atoms with Crippen LogP contribution in [0.3, 0.4) is 0 Å². The molecular weight excluding hydrogens is 374 g/mol. The molecule has 1 fully saturated rings. The van der Waals surface area contributed by atoms with E-state index >= 15 is 0 Å². The maximum absolute atomic E-state index is 12.8. The molecule has 0 unspecified atom stereocenters. The van der Waals surface area contributed by atoms with E-state index in [1.165, 1.54) is 0 Å². The van der Waals surface area contributed by atoms with E-state index < -0.39 is 11.5 Å². The molecule has 0 aromatic heterocycles. The van der Waals surface area contributed by atoms with Gasteiger partial charge in [0.1, 0.15) is 0 Å². The molecule has 0 bridgehead atoms. The lowest BCUT2D eigenvalue weighted by Crippen LogP contribution is -2.48. The van der Waals surface area contributed by atoms with Gasteiger partial charge in [0.15, 0.2) is 0 Å². The predicted octanol–water partition coefficient (Wildman–Crippen LogP) is 4.13. The summed E-state index contributed by atoms with van der Waals surface area (Å²) in [5, 5.41) is 10.4. The van der Waals surface area contributed by atoms with Gasteiger partial charge in [0.2, 0.25) is 0 Å². The molecule has 0 saturated carbocycles. The molecule has 0 amide bonds. The van der Waals surface area contributed by atoms with Crippen molar-refractivity contribution in [3.63, 3.8) is 0 Å². The van der Waals surface area contributed by atoms with E-state index in [-0.39, 0.29) is 18.4 Å². The van der Waals surface area contributed by atoms with Crippen molar-refractivity contribution in [2.75, 3.05) is 26.2 Å². The van der Waals surface area contributed by atoms with Gasteiger partial charge in [0, 0.05) is 6.54 Å². The molecule has 1 aliphatic rings. The minimum absolute atomic E-state index is 0. The number of nitrogens with zero attached hydrogens (tertiary/aromatic N) is 1. The number of carbonyl (C=O) groups excluding carboxylic acids is 1. The lowest BCUT2D eigenvalue weighted by atomic mass is 9.72. The van der Waals surface area contributed by atoms with Gasteiger partial charge >= 0.3 is 5.97 Å². The van der Waals surface area contributed by atoms with Crippen LogP contribution in [0.1, 0.15) is 43.4 Å². The van der Waals surface area contributed by atoms with Gasteiger partial charge in [-0.25, -0.2) is 0 Å². The molecule has 1 saturated heterocycles. The van der Waals surface area contributed by atoms with Crippen LogP contribution >= 0.6 is 12.4 Å². The molecule has 0 aliphatic carbocycles. The molecule has 1 N–H and O–H groups in total. The van der Waals surface area contributed by atoms with Crippen molar-refractivity contribution in [3.8, 4) is 0 Å². The number of aliphatic hydroxyl groups is 1. The third-order valence-corrected chi connectivity index (χ3v) is 5.61. The number of hydrogen-bond acceptors (Lipinski definition) is 4. The number of hydrogen-bond donors (Lipinski definition) is 1. The van der Waals surface area contributed by atoms with Crippen molar-refractivity contribution >= 4 is 18.4 Å². The highest BCUT2D eigenvalue weighted by Crippen LogP contribution is 2.37. The Hall–Kier alpha value is -1.88. The number of ether oxygens (including phenoxy) is 1. The zero-order chi connectivity index (χ0) is 19.1. The summed E-state index contributed by atoms with van der Waals surface area (Å²) in [6.07, 6.45) is 1.74. The van der Waals surface area contributed by atoms with E-state index in [0.717, 1.165) is 43.6 Å². The highest BCUT2D eigenvalue weighted by molar-refractivity contribution is 5.85. The maximum atomic E-state index is 12.8. The summed E-state index contributed by atoms with van der Waals surface area (Å²) < 4.78 is 5.43. The lowest BCUT2D eigenvalue weighted by Gasteiger charge is -2.40. The lowest BCUT2D eigenvalue weighted by molar-refractivity contribution is -0.152. The van der Waals surface area contributed by atoms with E-state index in [2.05, 4.69) is 4.90 Å². The van der Waals surface area contributed by atoms with Crippen molar-refractivity contribution in [1.29, 1.82) is 0 Å². The number of benzene rings is 2. The summed E-state index contributed by atoms with van der Waals surface area (Å²) in [5.74, 6) is -0.111. The summed E-state index contributed by atoms with van der Waals surface area (Å²) in [5.41, 5.74) is 1.46. The molecule has 28 heavy (non-hydrogen) atoms. The van der Waals surface area contributed by atoms with Crippen LogP contribution in [-0.2, 0) is 14.9 Å². The Kier molecular flexibility index (Phi) is 8.49. The number of carbonyl (C=O) groups is 1. The molecule has 5 heteroatoms. The van der Waals surface area contributed by atoms with Gasteiger partial charge in [0.25, 0.3) is 0 Å². The first-order chi connectivity index (χ1) is 13.2. The van der Waals surface area contributed by atoms with Gasteiger partial charge in [0.05, 0.1) is 18.1 Å². The molecule has 0 radical (unpaired) electrons. The molecule has 2 aromatic carbocycles. The van der Waals surface area contributed by atoms with Crippen LogP contribution in [0.15, 0.2) is 60.7 Å². The van der Waals surface area contributed by atoms with Crippen LogP contribution in [0.2, 0.25) is 0 Å². The summed E-state index contributed by atoms with van der Waals surface area (Å²) in [4.78, 5) is 15.1. The second kappa shape index (κ2) is 10.6. The van der Waals surface area contributed by atoms with Gasteiger partial charge < -0.3 is 14.7 Å². The van der Waals surface area contributed by atoms with Gasteiger partial charge in [-0.1, -0.05) is 60.7 Å². The zero-order valence-electron chi connectivity index (χ0n) is 16.4.